The molecule has 0 bridgehead atoms. The number of benzene rings is 3. The zero-order valence-electron chi connectivity index (χ0n) is 15.4. The van der Waals surface area contributed by atoms with Crippen LogP contribution in [0.3, 0.4) is 0 Å². The highest BCUT2D eigenvalue weighted by molar-refractivity contribution is 5.95. The van der Waals surface area contributed by atoms with E-state index in [1.807, 2.05) is 41.3 Å². The number of rotatable bonds is 6. The number of para-hydroxylation sites is 2. The third-order valence-corrected chi connectivity index (χ3v) is 5.12. The molecule has 3 heteroatoms. The molecule has 1 aliphatic heterocycles. The first kappa shape index (κ1) is 17.3. The Morgan fingerprint density at radius 2 is 1.52 bits per heavy atom. The summed E-state index contributed by atoms with van der Waals surface area (Å²) in [4.78, 5) is 17.1. The molecule has 0 unspecified atom stereocenters. The van der Waals surface area contributed by atoms with Crippen LogP contribution in [0.2, 0.25) is 0 Å². The van der Waals surface area contributed by atoms with Crippen molar-refractivity contribution in [1.82, 2.24) is 0 Å². The van der Waals surface area contributed by atoms with E-state index in [1.165, 1.54) is 11.1 Å². The first-order valence-electron chi connectivity index (χ1n) is 9.53. The number of amides is 1. The minimum absolute atomic E-state index is 0.203. The molecule has 0 radical (unpaired) electrons. The fourth-order valence-electron chi connectivity index (χ4n) is 3.70. The number of nitrogens with zero attached hydrogens (tertiary/aromatic N) is 2. The van der Waals surface area contributed by atoms with E-state index < -0.39 is 0 Å². The van der Waals surface area contributed by atoms with Crippen molar-refractivity contribution in [3.63, 3.8) is 0 Å². The van der Waals surface area contributed by atoms with Crippen molar-refractivity contribution in [2.75, 3.05) is 22.9 Å². The fourth-order valence-corrected chi connectivity index (χ4v) is 3.70. The molecule has 0 aliphatic carbocycles. The van der Waals surface area contributed by atoms with E-state index in [-0.39, 0.29) is 5.91 Å². The smallest absolute Gasteiger partial charge is 0.228 e. The van der Waals surface area contributed by atoms with Crippen LogP contribution in [0.4, 0.5) is 11.4 Å². The van der Waals surface area contributed by atoms with E-state index in [0.29, 0.717) is 13.0 Å². The monoisotopic (exact) mass is 356 g/mol. The van der Waals surface area contributed by atoms with Gasteiger partial charge in [0, 0.05) is 37.4 Å². The Labute approximate surface area is 160 Å². The Balaban J connectivity index is 1.46. The molecular formula is C24H24N2O. The van der Waals surface area contributed by atoms with Gasteiger partial charge in [-0.05, 0) is 35.7 Å². The van der Waals surface area contributed by atoms with E-state index in [2.05, 4.69) is 53.4 Å². The van der Waals surface area contributed by atoms with Gasteiger partial charge < -0.3 is 9.80 Å². The maximum atomic E-state index is 12.9. The van der Waals surface area contributed by atoms with Crippen LogP contribution in [0.5, 0.6) is 0 Å². The maximum absolute atomic E-state index is 12.9. The molecule has 0 N–H and O–H groups in total. The molecule has 0 atom stereocenters. The average Bonchev–Trinajstić information content (AvgIpc) is 3.16. The van der Waals surface area contributed by atoms with E-state index in [1.54, 1.807) is 0 Å². The van der Waals surface area contributed by atoms with Crippen molar-refractivity contribution >= 4 is 17.3 Å². The minimum atomic E-state index is 0.203. The highest BCUT2D eigenvalue weighted by Crippen LogP contribution is 2.28. The van der Waals surface area contributed by atoms with Crippen molar-refractivity contribution in [3.05, 3.63) is 96.1 Å². The molecule has 0 aromatic heterocycles. The van der Waals surface area contributed by atoms with E-state index in [4.69, 9.17) is 0 Å². The summed E-state index contributed by atoms with van der Waals surface area (Å²) in [6.07, 6.45) is 1.46. The van der Waals surface area contributed by atoms with Gasteiger partial charge in [-0.1, -0.05) is 66.7 Å². The van der Waals surface area contributed by atoms with Crippen molar-refractivity contribution in [1.29, 1.82) is 0 Å². The first-order chi connectivity index (χ1) is 13.3. The summed E-state index contributed by atoms with van der Waals surface area (Å²) < 4.78 is 0. The third kappa shape index (κ3) is 4.03. The van der Waals surface area contributed by atoms with Crippen LogP contribution in [0.25, 0.3) is 0 Å². The highest BCUT2D eigenvalue weighted by atomic mass is 16.2. The highest BCUT2D eigenvalue weighted by Gasteiger charge is 2.24. The molecule has 3 aromatic carbocycles. The molecule has 4 rings (SSSR count). The lowest BCUT2D eigenvalue weighted by Gasteiger charge is -2.26. The molecule has 0 spiro atoms. The quantitative estimate of drug-likeness (QED) is 0.641. The Morgan fingerprint density at radius 1 is 0.852 bits per heavy atom. The van der Waals surface area contributed by atoms with Gasteiger partial charge in [-0.3, -0.25) is 4.79 Å². The molecule has 0 saturated heterocycles. The Bertz CT molecular complexity index is 893. The molecule has 0 saturated carbocycles. The molecule has 1 amide bonds. The second kappa shape index (κ2) is 8.09. The summed E-state index contributed by atoms with van der Waals surface area (Å²) in [5.74, 6) is 0.203. The van der Waals surface area contributed by atoms with Gasteiger partial charge in [0.15, 0.2) is 0 Å². The Hall–Kier alpha value is -3.07. The van der Waals surface area contributed by atoms with Crippen LogP contribution < -0.4 is 9.80 Å². The molecule has 3 aromatic rings. The Morgan fingerprint density at radius 3 is 2.30 bits per heavy atom. The molecule has 0 fully saturated rings. The minimum Gasteiger partial charge on any atom is -0.367 e. The summed E-state index contributed by atoms with van der Waals surface area (Å²) in [7, 11) is 0. The predicted molar refractivity (Wildman–Crippen MR) is 111 cm³/mol. The van der Waals surface area contributed by atoms with Gasteiger partial charge >= 0.3 is 0 Å². The second-order valence-corrected chi connectivity index (χ2v) is 6.92. The van der Waals surface area contributed by atoms with Crippen LogP contribution in [0, 0.1) is 0 Å². The van der Waals surface area contributed by atoms with E-state index in [9.17, 15) is 4.79 Å². The normalized spacial score (nSPS) is 12.7. The largest absolute Gasteiger partial charge is 0.367 e. The number of anilines is 2. The van der Waals surface area contributed by atoms with Crippen molar-refractivity contribution in [3.8, 4) is 0 Å². The summed E-state index contributed by atoms with van der Waals surface area (Å²) in [6.45, 7) is 2.30. The molecule has 1 heterocycles. The van der Waals surface area contributed by atoms with Crippen molar-refractivity contribution < 1.29 is 4.79 Å². The number of hydrogen-bond donors (Lipinski definition) is 0. The van der Waals surface area contributed by atoms with Gasteiger partial charge in [0.25, 0.3) is 0 Å². The summed E-state index contributed by atoms with van der Waals surface area (Å²) >= 11 is 0. The number of carbonyl (C=O) groups is 1. The number of carbonyl (C=O) groups excluding carboxylic acids is 1. The molecule has 3 nitrogen and oxygen atoms in total. The fraction of sp³-hybridized carbons (Fsp3) is 0.208. The van der Waals surface area contributed by atoms with E-state index >= 15 is 0 Å². The Kier molecular flexibility index (Phi) is 5.20. The van der Waals surface area contributed by atoms with Gasteiger partial charge in [-0.15, -0.1) is 0 Å². The molecular weight excluding hydrogens is 332 g/mol. The molecule has 27 heavy (non-hydrogen) atoms. The van der Waals surface area contributed by atoms with Gasteiger partial charge in [0.2, 0.25) is 5.91 Å². The lowest BCUT2D eigenvalue weighted by molar-refractivity contribution is -0.118. The molecule has 136 valence electrons. The van der Waals surface area contributed by atoms with Crippen LogP contribution in [0.15, 0.2) is 84.9 Å². The number of fused-ring (bicyclic) bond motifs is 1. The lowest BCUT2D eigenvalue weighted by Crippen LogP contribution is -2.33. The SMILES string of the molecule is O=C(CCN(Cc1ccccc1)c1ccccc1)N1CCc2ccccc21. The predicted octanol–water partition coefficient (Wildman–Crippen LogP) is 4.67. The van der Waals surface area contributed by atoms with Crippen LogP contribution in [0.1, 0.15) is 17.5 Å². The summed E-state index contributed by atoms with van der Waals surface area (Å²) in [5, 5.41) is 0. The molecule has 1 aliphatic rings. The third-order valence-electron chi connectivity index (χ3n) is 5.12. The van der Waals surface area contributed by atoms with Gasteiger partial charge in [0.05, 0.1) is 0 Å². The standard InChI is InChI=1S/C24H24N2O/c27-24(26-18-15-21-11-7-8-14-23(21)26)16-17-25(22-12-5-2-6-13-22)19-20-9-3-1-4-10-20/h1-14H,15-19H2. The topological polar surface area (TPSA) is 23.6 Å². The zero-order chi connectivity index (χ0) is 18.5. The van der Waals surface area contributed by atoms with E-state index in [0.717, 1.165) is 30.9 Å². The average molecular weight is 356 g/mol. The van der Waals surface area contributed by atoms with Crippen LogP contribution >= 0.6 is 0 Å². The maximum Gasteiger partial charge on any atom is 0.228 e. The van der Waals surface area contributed by atoms with Gasteiger partial charge in [-0.25, -0.2) is 0 Å². The van der Waals surface area contributed by atoms with Crippen molar-refractivity contribution in [2.45, 2.75) is 19.4 Å². The second-order valence-electron chi connectivity index (χ2n) is 6.92. The van der Waals surface area contributed by atoms with Crippen LogP contribution in [-0.4, -0.2) is 19.0 Å². The number of hydrogen-bond acceptors (Lipinski definition) is 2. The summed E-state index contributed by atoms with van der Waals surface area (Å²) in [5.41, 5.74) is 4.75. The lowest BCUT2D eigenvalue weighted by atomic mass is 10.1. The zero-order valence-corrected chi connectivity index (χ0v) is 15.4. The van der Waals surface area contributed by atoms with Crippen molar-refractivity contribution in [2.24, 2.45) is 0 Å². The van der Waals surface area contributed by atoms with Gasteiger partial charge in [-0.2, -0.15) is 0 Å². The summed E-state index contributed by atoms with van der Waals surface area (Å²) in [6, 6.07) is 29.0. The first-order valence-corrected chi connectivity index (χ1v) is 9.53. The van der Waals surface area contributed by atoms with Crippen LogP contribution in [-0.2, 0) is 17.8 Å². The van der Waals surface area contributed by atoms with Gasteiger partial charge in [0.1, 0.15) is 0 Å².